The van der Waals surface area contributed by atoms with Gasteiger partial charge in [0, 0.05) is 10.0 Å². The highest BCUT2D eigenvalue weighted by atomic mass is 35.5. The second-order valence-corrected chi connectivity index (χ2v) is 9.25. The van der Waals surface area contributed by atoms with Crippen molar-refractivity contribution in [1.29, 1.82) is 0 Å². The molecule has 0 spiro atoms. The van der Waals surface area contributed by atoms with Gasteiger partial charge in [0.15, 0.2) is 9.84 Å². The quantitative estimate of drug-likeness (QED) is 0.564. The van der Waals surface area contributed by atoms with E-state index in [0.29, 0.717) is 21.2 Å². The topological polar surface area (TPSA) is 89.3 Å². The van der Waals surface area contributed by atoms with E-state index in [4.69, 9.17) is 28.9 Å². The standard InChI is InChI=1S/C21H18Cl2N2O3S/c22-16-9-11-18(12-10-16)29(27,28)21(15-7-4-8-17(23)13-15)25-19(20(24)26)14-5-2-1-3-6-14/h1-13,19,21,25H,(H2,24,26)/t19?,21-/m1/s1. The number of benzene rings is 3. The molecule has 5 nitrogen and oxygen atoms in total. The molecule has 0 saturated heterocycles. The molecule has 0 aliphatic carbocycles. The molecule has 1 amide bonds. The first kappa shape index (κ1) is 21.3. The van der Waals surface area contributed by atoms with Crippen LogP contribution in [-0.4, -0.2) is 14.3 Å². The monoisotopic (exact) mass is 448 g/mol. The van der Waals surface area contributed by atoms with Crippen LogP contribution in [0.4, 0.5) is 0 Å². The van der Waals surface area contributed by atoms with Crippen LogP contribution in [-0.2, 0) is 14.6 Å². The third-order valence-electron chi connectivity index (χ3n) is 4.34. The van der Waals surface area contributed by atoms with Gasteiger partial charge in [0.2, 0.25) is 5.91 Å². The van der Waals surface area contributed by atoms with Crippen LogP contribution in [0.25, 0.3) is 0 Å². The molecule has 3 aromatic carbocycles. The normalized spacial score (nSPS) is 13.6. The molecule has 1 unspecified atom stereocenters. The zero-order valence-electron chi connectivity index (χ0n) is 15.1. The molecule has 3 N–H and O–H groups in total. The number of nitrogens with two attached hydrogens (primary N) is 1. The molecule has 0 aliphatic rings. The zero-order valence-corrected chi connectivity index (χ0v) is 17.5. The van der Waals surface area contributed by atoms with Crippen LogP contribution in [0.3, 0.4) is 0 Å². The molecule has 3 rings (SSSR count). The van der Waals surface area contributed by atoms with Crippen LogP contribution < -0.4 is 11.1 Å². The van der Waals surface area contributed by atoms with E-state index in [9.17, 15) is 13.2 Å². The highest BCUT2D eigenvalue weighted by Gasteiger charge is 2.33. The molecule has 8 heteroatoms. The summed E-state index contributed by atoms with van der Waals surface area (Å²) in [5, 5.41) is 2.43. The number of carbonyl (C=O) groups excluding carboxylic acids is 1. The Morgan fingerprint density at radius 3 is 2.03 bits per heavy atom. The Morgan fingerprint density at radius 1 is 0.828 bits per heavy atom. The van der Waals surface area contributed by atoms with E-state index in [-0.39, 0.29) is 4.90 Å². The molecule has 0 fully saturated rings. The van der Waals surface area contributed by atoms with Crippen molar-refractivity contribution in [2.24, 2.45) is 5.73 Å². The van der Waals surface area contributed by atoms with Crippen molar-refractivity contribution < 1.29 is 13.2 Å². The summed E-state index contributed by atoms with van der Waals surface area (Å²) in [6, 6.07) is 19.9. The minimum Gasteiger partial charge on any atom is -0.368 e. The Labute approximate surface area is 179 Å². The fourth-order valence-corrected chi connectivity index (χ4v) is 4.87. The van der Waals surface area contributed by atoms with Crippen molar-refractivity contribution in [3.8, 4) is 0 Å². The molecule has 150 valence electrons. The number of amides is 1. The van der Waals surface area contributed by atoms with Crippen LogP contribution in [0.15, 0.2) is 83.8 Å². The lowest BCUT2D eigenvalue weighted by Crippen LogP contribution is -2.39. The number of nitrogens with one attached hydrogen (secondary N) is 1. The van der Waals surface area contributed by atoms with Crippen LogP contribution in [0.2, 0.25) is 10.0 Å². The molecule has 2 atom stereocenters. The van der Waals surface area contributed by atoms with Crippen molar-refractivity contribution in [2.75, 3.05) is 0 Å². The number of sulfone groups is 1. The lowest BCUT2D eigenvalue weighted by molar-refractivity contribution is -0.120. The molecule has 0 aromatic heterocycles. The van der Waals surface area contributed by atoms with Crippen molar-refractivity contribution >= 4 is 38.9 Å². The van der Waals surface area contributed by atoms with Gasteiger partial charge in [-0.05, 0) is 47.5 Å². The minimum atomic E-state index is -3.96. The van der Waals surface area contributed by atoms with Gasteiger partial charge in [0.05, 0.1) is 4.90 Å². The van der Waals surface area contributed by atoms with Gasteiger partial charge >= 0.3 is 0 Å². The highest BCUT2D eigenvalue weighted by molar-refractivity contribution is 7.91. The second kappa shape index (κ2) is 8.97. The summed E-state index contributed by atoms with van der Waals surface area (Å²) in [6.07, 6.45) is 0. The summed E-state index contributed by atoms with van der Waals surface area (Å²) in [4.78, 5) is 12.2. The number of hydrogen-bond donors (Lipinski definition) is 2. The molecule has 0 saturated carbocycles. The molecular weight excluding hydrogens is 431 g/mol. The van der Waals surface area contributed by atoms with E-state index >= 15 is 0 Å². The summed E-state index contributed by atoms with van der Waals surface area (Å²) in [5.74, 6) is -0.700. The lowest BCUT2D eigenvalue weighted by atomic mass is 10.1. The van der Waals surface area contributed by atoms with E-state index in [1.807, 2.05) is 0 Å². The SMILES string of the molecule is NC(=O)C(N[C@@H](c1cccc(Cl)c1)S(=O)(=O)c1ccc(Cl)cc1)c1ccccc1. The third kappa shape index (κ3) is 4.97. The Hall–Kier alpha value is -2.38. The summed E-state index contributed by atoms with van der Waals surface area (Å²) >= 11 is 12.0. The Kier molecular flexibility index (Phi) is 6.59. The first-order valence-electron chi connectivity index (χ1n) is 8.64. The first-order chi connectivity index (χ1) is 13.8. The van der Waals surface area contributed by atoms with Crippen molar-refractivity contribution in [3.63, 3.8) is 0 Å². The lowest BCUT2D eigenvalue weighted by Gasteiger charge is -2.25. The maximum Gasteiger partial charge on any atom is 0.239 e. The van der Waals surface area contributed by atoms with Gasteiger partial charge in [0.1, 0.15) is 11.4 Å². The average Bonchev–Trinajstić information content (AvgIpc) is 2.69. The van der Waals surface area contributed by atoms with E-state index < -0.39 is 27.2 Å². The molecule has 0 radical (unpaired) electrons. The van der Waals surface area contributed by atoms with Crippen LogP contribution in [0, 0.1) is 0 Å². The number of hydrogen-bond acceptors (Lipinski definition) is 4. The Morgan fingerprint density at radius 2 is 1.45 bits per heavy atom. The summed E-state index contributed by atoms with van der Waals surface area (Å²) in [6.45, 7) is 0. The van der Waals surface area contributed by atoms with Crippen molar-refractivity contribution in [3.05, 3.63) is 100 Å². The van der Waals surface area contributed by atoms with Gasteiger partial charge in [-0.15, -0.1) is 0 Å². The molecule has 29 heavy (non-hydrogen) atoms. The fraction of sp³-hybridized carbons (Fsp3) is 0.0952. The van der Waals surface area contributed by atoms with E-state index in [1.165, 1.54) is 30.3 Å². The number of halogens is 2. The van der Waals surface area contributed by atoms with Gasteiger partial charge in [-0.25, -0.2) is 8.42 Å². The van der Waals surface area contributed by atoms with Gasteiger partial charge < -0.3 is 5.73 Å². The van der Waals surface area contributed by atoms with Gasteiger partial charge in [0.25, 0.3) is 0 Å². The zero-order chi connectivity index (χ0) is 21.0. The first-order valence-corrected chi connectivity index (χ1v) is 10.9. The smallest absolute Gasteiger partial charge is 0.239 e. The number of carbonyl (C=O) groups is 1. The Bertz CT molecular complexity index is 1100. The molecule has 0 bridgehead atoms. The van der Waals surface area contributed by atoms with Crippen LogP contribution in [0.1, 0.15) is 22.5 Å². The second-order valence-electron chi connectivity index (χ2n) is 6.35. The number of primary amides is 1. The molecule has 0 heterocycles. The van der Waals surface area contributed by atoms with Crippen LogP contribution in [0.5, 0.6) is 0 Å². The average molecular weight is 449 g/mol. The predicted octanol–water partition coefficient (Wildman–Crippen LogP) is 4.28. The van der Waals surface area contributed by atoms with Crippen LogP contribution >= 0.6 is 23.2 Å². The number of rotatable bonds is 7. The maximum absolute atomic E-state index is 13.4. The summed E-state index contributed by atoms with van der Waals surface area (Å²) in [5.41, 5.74) is 6.52. The highest BCUT2D eigenvalue weighted by Crippen LogP contribution is 2.31. The van der Waals surface area contributed by atoms with Crippen molar-refractivity contribution in [1.82, 2.24) is 5.32 Å². The summed E-state index contributed by atoms with van der Waals surface area (Å²) < 4.78 is 26.9. The largest absolute Gasteiger partial charge is 0.368 e. The summed E-state index contributed by atoms with van der Waals surface area (Å²) in [7, 11) is -3.96. The fourth-order valence-electron chi connectivity index (χ4n) is 2.93. The molecule has 3 aromatic rings. The predicted molar refractivity (Wildman–Crippen MR) is 114 cm³/mol. The van der Waals surface area contributed by atoms with E-state index in [1.54, 1.807) is 48.5 Å². The van der Waals surface area contributed by atoms with Gasteiger partial charge in [-0.3, -0.25) is 10.1 Å². The minimum absolute atomic E-state index is 0.0515. The molecular formula is C21H18Cl2N2O3S. The van der Waals surface area contributed by atoms with Gasteiger partial charge in [-0.1, -0.05) is 65.7 Å². The third-order valence-corrected chi connectivity index (χ3v) is 6.78. The van der Waals surface area contributed by atoms with E-state index in [0.717, 1.165) is 0 Å². The maximum atomic E-state index is 13.4. The van der Waals surface area contributed by atoms with Gasteiger partial charge in [-0.2, -0.15) is 0 Å². The Balaban J connectivity index is 2.10. The van der Waals surface area contributed by atoms with E-state index in [2.05, 4.69) is 5.32 Å². The molecule has 0 aliphatic heterocycles. The van der Waals surface area contributed by atoms with Crippen molar-refractivity contribution in [2.45, 2.75) is 16.3 Å².